The minimum Gasteiger partial charge on any atom is -0.495 e. The molecule has 1 aromatic carbocycles. The van der Waals surface area contributed by atoms with Crippen LogP contribution in [0.15, 0.2) is 27.7 Å². The van der Waals surface area contributed by atoms with E-state index in [-0.39, 0.29) is 28.9 Å². The molecule has 0 aliphatic heterocycles. The Kier molecular flexibility index (Phi) is 8.20. The molecule has 0 spiro atoms. The summed E-state index contributed by atoms with van der Waals surface area (Å²) >= 11 is 3.36. The van der Waals surface area contributed by atoms with Crippen LogP contribution in [0.1, 0.15) is 6.92 Å². The Balaban J connectivity index is 2.39. The Morgan fingerprint density at radius 3 is 2.30 bits per heavy atom. The molecule has 5 N–H and O–H groups in total. The summed E-state index contributed by atoms with van der Waals surface area (Å²) in [4.78, 5) is 8.30. The van der Waals surface area contributed by atoms with Crippen molar-refractivity contribution in [1.29, 1.82) is 0 Å². The molecule has 0 saturated carbocycles. The lowest BCUT2D eigenvalue weighted by Crippen LogP contribution is -2.36. The van der Waals surface area contributed by atoms with Crippen LogP contribution < -0.4 is 25.2 Å². The first-order chi connectivity index (χ1) is 14.1. The largest absolute Gasteiger partial charge is 0.495 e. The van der Waals surface area contributed by atoms with Gasteiger partial charge >= 0.3 is 0 Å². The predicted octanol–water partition coefficient (Wildman–Crippen LogP) is 1.46. The van der Waals surface area contributed by atoms with Crippen LogP contribution >= 0.6 is 15.9 Å². The number of methoxy groups -OCH3 is 3. The molecular formula is C17H24BrN5O6S. The number of aliphatic hydroxyl groups excluding tert-OH is 1. The fourth-order valence-corrected chi connectivity index (χ4v) is 3.70. The number of hydrogen-bond donors (Lipinski definition) is 4. The maximum atomic E-state index is 11.9. The fraction of sp³-hybridized carbons (Fsp3) is 0.412. The van der Waals surface area contributed by atoms with E-state index in [1.54, 1.807) is 6.92 Å². The molecule has 2 rings (SSSR count). The highest BCUT2D eigenvalue weighted by Crippen LogP contribution is 2.36. The van der Waals surface area contributed by atoms with Crippen LogP contribution in [0.25, 0.3) is 0 Å². The van der Waals surface area contributed by atoms with Gasteiger partial charge in [-0.3, -0.25) is 0 Å². The van der Waals surface area contributed by atoms with Crippen molar-refractivity contribution in [1.82, 2.24) is 9.97 Å². The summed E-state index contributed by atoms with van der Waals surface area (Å²) in [5, 5.41) is 21.2. The molecule has 1 heterocycles. The Bertz CT molecular complexity index is 964. The molecule has 11 nitrogen and oxygen atoms in total. The van der Waals surface area contributed by atoms with Gasteiger partial charge in [0.1, 0.15) is 17.3 Å². The number of aromatic nitrogens is 2. The molecule has 0 bridgehead atoms. The van der Waals surface area contributed by atoms with Crippen molar-refractivity contribution >= 4 is 43.4 Å². The van der Waals surface area contributed by atoms with Crippen molar-refractivity contribution in [3.63, 3.8) is 0 Å². The van der Waals surface area contributed by atoms with Gasteiger partial charge in [-0.25, -0.2) is 18.5 Å². The van der Waals surface area contributed by atoms with Crippen LogP contribution in [-0.2, 0) is 14.8 Å². The Morgan fingerprint density at radius 2 is 1.83 bits per heavy atom. The van der Waals surface area contributed by atoms with Crippen molar-refractivity contribution in [2.24, 2.45) is 5.14 Å². The van der Waals surface area contributed by atoms with Crippen molar-refractivity contribution < 1.29 is 27.7 Å². The van der Waals surface area contributed by atoms with Crippen molar-refractivity contribution in [3.8, 4) is 11.5 Å². The SMILES string of the molecule is COC[C@@H](Nc1nc(Nc2cc(OC)c(S(N)(=O)=O)c(OC)c2)ncc1Br)[C@@H](C)O. The van der Waals surface area contributed by atoms with E-state index in [4.69, 9.17) is 19.3 Å². The monoisotopic (exact) mass is 505 g/mol. The summed E-state index contributed by atoms with van der Waals surface area (Å²) in [6.45, 7) is 1.90. The zero-order valence-corrected chi connectivity index (χ0v) is 19.2. The second-order valence-electron chi connectivity index (χ2n) is 6.22. The summed E-state index contributed by atoms with van der Waals surface area (Å²) in [5.41, 5.74) is 0.411. The second kappa shape index (κ2) is 10.2. The first kappa shape index (κ1) is 24.1. The van der Waals surface area contributed by atoms with Gasteiger partial charge in [0.2, 0.25) is 16.0 Å². The van der Waals surface area contributed by atoms with E-state index in [2.05, 4.69) is 36.5 Å². The predicted molar refractivity (Wildman–Crippen MR) is 115 cm³/mol. The van der Waals surface area contributed by atoms with E-state index in [1.807, 2.05) is 0 Å². The van der Waals surface area contributed by atoms with Crippen LogP contribution in [0.5, 0.6) is 11.5 Å². The maximum absolute atomic E-state index is 11.9. The summed E-state index contributed by atoms with van der Waals surface area (Å²) in [5.74, 6) is 0.638. The second-order valence-corrected chi connectivity index (χ2v) is 8.57. The summed E-state index contributed by atoms with van der Waals surface area (Å²) in [6.07, 6.45) is 0.832. The number of rotatable bonds is 10. The molecule has 0 amide bonds. The summed E-state index contributed by atoms with van der Waals surface area (Å²) < 4.78 is 39.8. The van der Waals surface area contributed by atoms with Crippen molar-refractivity contribution in [2.75, 3.05) is 38.6 Å². The number of ether oxygens (including phenoxy) is 3. The van der Waals surface area contributed by atoms with E-state index >= 15 is 0 Å². The van der Waals surface area contributed by atoms with Gasteiger partial charge < -0.3 is 30.0 Å². The van der Waals surface area contributed by atoms with Crippen LogP contribution in [0.2, 0.25) is 0 Å². The molecule has 13 heteroatoms. The zero-order chi connectivity index (χ0) is 22.5. The Labute approximate surface area is 183 Å². The lowest BCUT2D eigenvalue weighted by molar-refractivity contribution is 0.106. The van der Waals surface area contributed by atoms with Gasteiger partial charge in [0.25, 0.3) is 0 Å². The average molecular weight is 506 g/mol. The number of nitrogens with two attached hydrogens (primary N) is 1. The standard InChI is InChI=1S/C17H24BrN5O6S/c1-9(24)12(8-27-2)22-16-11(18)7-20-17(23-16)21-10-5-13(28-3)15(30(19,25)26)14(6-10)29-4/h5-7,9,12,24H,8H2,1-4H3,(H2,19,25,26)(H2,20,21,22,23)/t9-,12-/m1/s1. The quantitative estimate of drug-likeness (QED) is 0.372. The number of sulfonamides is 1. The molecular weight excluding hydrogens is 482 g/mol. The minimum absolute atomic E-state index is 0.00377. The van der Waals surface area contributed by atoms with E-state index < -0.39 is 22.2 Å². The number of hydrogen-bond acceptors (Lipinski definition) is 10. The highest BCUT2D eigenvalue weighted by atomic mass is 79.9. The van der Waals surface area contributed by atoms with Gasteiger partial charge in [-0.05, 0) is 22.9 Å². The molecule has 0 unspecified atom stereocenters. The number of nitrogens with one attached hydrogen (secondary N) is 2. The highest BCUT2D eigenvalue weighted by Gasteiger charge is 2.23. The van der Waals surface area contributed by atoms with E-state index in [0.29, 0.717) is 16.0 Å². The Morgan fingerprint density at radius 1 is 1.23 bits per heavy atom. The van der Waals surface area contributed by atoms with Crippen LogP contribution in [0.3, 0.4) is 0 Å². The van der Waals surface area contributed by atoms with Crippen LogP contribution in [0.4, 0.5) is 17.5 Å². The minimum atomic E-state index is -4.08. The van der Waals surface area contributed by atoms with Gasteiger partial charge in [0.05, 0.1) is 37.4 Å². The molecule has 2 atom stereocenters. The van der Waals surface area contributed by atoms with Gasteiger partial charge in [-0.15, -0.1) is 0 Å². The van der Waals surface area contributed by atoms with Crippen molar-refractivity contribution in [2.45, 2.75) is 24.0 Å². The smallest absolute Gasteiger partial charge is 0.245 e. The maximum Gasteiger partial charge on any atom is 0.245 e. The van der Waals surface area contributed by atoms with E-state index in [9.17, 15) is 13.5 Å². The number of benzene rings is 1. The summed E-state index contributed by atoms with van der Waals surface area (Å²) in [7, 11) is 0.0883. The first-order valence-electron chi connectivity index (χ1n) is 8.62. The normalized spacial score (nSPS) is 13.4. The molecule has 1 aromatic heterocycles. The van der Waals surface area contributed by atoms with Gasteiger partial charge in [0.15, 0.2) is 4.90 Å². The molecule has 0 radical (unpaired) electrons. The van der Waals surface area contributed by atoms with Crippen molar-refractivity contribution in [3.05, 3.63) is 22.8 Å². The third kappa shape index (κ3) is 5.92. The number of primary sulfonamides is 1. The summed E-state index contributed by atoms with van der Waals surface area (Å²) in [6, 6.07) is 2.47. The third-order valence-electron chi connectivity index (χ3n) is 4.00. The molecule has 30 heavy (non-hydrogen) atoms. The number of anilines is 3. The number of halogens is 1. The number of nitrogens with zero attached hydrogens (tertiary/aromatic N) is 2. The third-order valence-corrected chi connectivity index (χ3v) is 5.55. The molecule has 0 aliphatic carbocycles. The topological polar surface area (TPSA) is 158 Å². The van der Waals surface area contributed by atoms with E-state index in [1.165, 1.54) is 39.7 Å². The number of aliphatic hydroxyl groups is 1. The van der Waals surface area contributed by atoms with Crippen LogP contribution in [0, 0.1) is 0 Å². The molecule has 0 aliphatic rings. The van der Waals surface area contributed by atoms with Gasteiger partial charge in [0, 0.05) is 31.1 Å². The lowest BCUT2D eigenvalue weighted by Gasteiger charge is -2.22. The highest BCUT2D eigenvalue weighted by molar-refractivity contribution is 9.10. The van der Waals surface area contributed by atoms with Gasteiger partial charge in [-0.2, -0.15) is 4.98 Å². The molecule has 166 valence electrons. The average Bonchev–Trinajstić information content (AvgIpc) is 2.68. The Hall–Kier alpha value is -2.19. The lowest BCUT2D eigenvalue weighted by atomic mass is 10.2. The van der Waals surface area contributed by atoms with Gasteiger partial charge in [-0.1, -0.05) is 0 Å². The zero-order valence-electron chi connectivity index (χ0n) is 16.8. The van der Waals surface area contributed by atoms with Crippen LogP contribution in [-0.4, -0.2) is 63.6 Å². The first-order valence-corrected chi connectivity index (χ1v) is 11.0. The fourth-order valence-electron chi connectivity index (χ4n) is 2.55. The molecule has 0 saturated heterocycles. The van der Waals surface area contributed by atoms with E-state index in [0.717, 1.165) is 0 Å². The molecule has 0 fully saturated rings. The molecule has 2 aromatic rings.